The summed E-state index contributed by atoms with van der Waals surface area (Å²) in [5.74, 6) is -1.12. The summed E-state index contributed by atoms with van der Waals surface area (Å²) in [6.07, 6.45) is 1.70. The highest BCUT2D eigenvalue weighted by Crippen LogP contribution is 2.48. The van der Waals surface area contributed by atoms with Crippen molar-refractivity contribution in [2.75, 3.05) is 6.61 Å². The van der Waals surface area contributed by atoms with Crippen molar-refractivity contribution in [3.8, 4) is 11.3 Å². The number of fused-ring (bicyclic) bond motifs is 2. The largest absolute Gasteiger partial charge is 0.463 e. The first-order chi connectivity index (χ1) is 15.1. The normalized spacial score (nSPS) is 17.4. The molecule has 6 nitrogen and oxygen atoms in total. The zero-order valence-corrected chi connectivity index (χ0v) is 17.2. The van der Waals surface area contributed by atoms with E-state index >= 15 is 0 Å². The van der Waals surface area contributed by atoms with Crippen LogP contribution >= 0.6 is 0 Å². The number of allylic oxidation sites excluding steroid dienone is 2. The Labute approximate surface area is 179 Å². The van der Waals surface area contributed by atoms with E-state index in [0.29, 0.717) is 22.4 Å². The number of ether oxygens (including phenoxy) is 1. The fourth-order valence-electron chi connectivity index (χ4n) is 4.47. The lowest BCUT2D eigenvalue weighted by molar-refractivity contribution is -0.138. The molecule has 2 heterocycles. The molecular weight excluding hydrogens is 390 g/mol. The maximum atomic E-state index is 13.5. The molecule has 0 fully saturated rings. The number of hydrogen-bond acceptors (Lipinski definition) is 5. The molecule has 1 aliphatic carbocycles. The Hall–Kier alpha value is -3.93. The second-order valence-corrected chi connectivity index (χ2v) is 7.55. The number of Topliss-reactive ketones (excluding diaryl/α,β-unsaturated/α-hetero) is 1. The minimum atomic E-state index is -0.593. The monoisotopic (exact) mass is 411 g/mol. The first-order valence-electron chi connectivity index (χ1n) is 10.2. The number of hydrogen-bond donors (Lipinski definition) is 2. The summed E-state index contributed by atoms with van der Waals surface area (Å²) >= 11 is 0. The number of aromatic nitrogens is 2. The first-order valence-corrected chi connectivity index (χ1v) is 10.2. The van der Waals surface area contributed by atoms with Gasteiger partial charge < -0.3 is 10.1 Å². The van der Waals surface area contributed by atoms with E-state index in [1.54, 1.807) is 13.1 Å². The number of carbonyl (C=O) groups excluding carboxylic acids is 2. The van der Waals surface area contributed by atoms with Crippen LogP contribution in [-0.4, -0.2) is 28.6 Å². The molecule has 0 unspecified atom stereocenters. The molecule has 31 heavy (non-hydrogen) atoms. The molecule has 2 aromatic carbocycles. The average Bonchev–Trinajstić information content (AvgIpc) is 3.38. The number of aromatic amines is 1. The number of benzene rings is 2. The van der Waals surface area contributed by atoms with Gasteiger partial charge in [-0.05, 0) is 19.4 Å². The van der Waals surface area contributed by atoms with Gasteiger partial charge in [0.2, 0.25) is 0 Å². The molecular formula is C25H21N3O3. The Balaban J connectivity index is 1.74. The summed E-state index contributed by atoms with van der Waals surface area (Å²) in [7, 11) is 0. The molecule has 3 aromatic rings. The van der Waals surface area contributed by atoms with E-state index in [2.05, 4.69) is 15.5 Å². The van der Waals surface area contributed by atoms with Gasteiger partial charge >= 0.3 is 5.97 Å². The van der Waals surface area contributed by atoms with Crippen molar-refractivity contribution in [2.45, 2.75) is 19.8 Å². The number of ketones is 1. The summed E-state index contributed by atoms with van der Waals surface area (Å²) in [6, 6.07) is 17.3. The van der Waals surface area contributed by atoms with Crippen LogP contribution in [0, 0.1) is 0 Å². The van der Waals surface area contributed by atoms with Gasteiger partial charge in [0.1, 0.15) is 0 Å². The maximum absolute atomic E-state index is 13.5. The Morgan fingerprint density at radius 2 is 1.77 bits per heavy atom. The van der Waals surface area contributed by atoms with E-state index in [0.717, 1.165) is 28.1 Å². The zero-order valence-electron chi connectivity index (χ0n) is 17.2. The molecule has 1 atom stereocenters. The van der Waals surface area contributed by atoms with Crippen LogP contribution in [0.2, 0.25) is 0 Å². The van der Waals surface area contributed by atoms with Gasteiger partial charge in [-0.1, -0.05) is 54.6 Å². The lowest BCUT2D eigenvalue weighted by Gasteiger charge is -2.29. The number of carbonyl (C=O) groups is 2. The predicted molar refractivity (Wildman–Crippen MR) is 117 cm³/mol. The van der Waals surface area contributed by atoms with Gasteiger partial charge in [-0.3, -0.25) is 9.89 Å². The molecule has 2 N–H and O–H groups in total. The highest BCUT2D eigenvalue weighted by atomic mass is 16.5. The fourth-order valence-corrected chi connectivity index (χ4v) is 4.47. The summed E-state index contributed by atoms with van der Waals surface area (Å²) in [5, 5.41) is 10.6. The summed E-state index contributed by atoms with van der Waals surface area (Å²) < 4.78 is 5.39. The predicted octanol–water partition coefficient (Wildman–Crippen LogP) is 4.21. The zero-order chi connectivity index (χ0) is 21.5. The van der Waals surface area contributed by atoms with Crippen molar-refractivity contribution < 1.29 is 14.3 Å². The maximum Gasteiger partial charge on any atom is 0.336 e. The van der Waals surface area contributed by atoms with Crippen molar-refractivity contribution in [1.29, 1.82) is 0 Å². The van der Waals surface area contributed by atoms with Gasteiger partial charge in [-0.25, -0.2) is 4.79 Å². The molecule has 0 amide bonds. The SMILES string of the molecule is CCOC(=O)C1=C(C)NC2=C(C(=O)c3ccccc32)[C@H]1c1cn[nH]c1-c1ccccc1. The minimum absolute atomic E-state index is 0.0855. The highest BCUT2D eigenvalue weighted by molar-refractivity contribution is 6.23. The van der Waals surface area contributed by atoms with Crippen molar-refractivity contribution >= 4 is 17.4 Å². The number of dihydropyridines is 1. The van der Waals surface area contributed by atoms with Crippen molar-refractivity contribution in [1.82, 2.24) is 15.5 Å². The van der Waals surface area contributed by atoms with Crippen LogP contribution in [0.25, 0.3) is 17.0 Å². The second kappa shape index (κ2) is 7.40. The van der Waals surface area contributed by atoms with Gasteiger partial charge in [0.25, 0.3) is 0 Å². The van der Waals surface area contributed by atoms with Crippen molar-refractivity contribution in [3.05, 3.63) is 94.3 Å². The van der Waals surface area contributed by atoms with Gasteiger partial charge in [0, 0.05) is 28.0 Å². The third-order valence-corrected chi connectivity index (χ3v) is 5.79. The quantitative estimate of drug-likeness (QED) is 0.629. The first kappa shape index (κ1) is 19.1. The van der Waals surface area contributed by atoms with Crippen LogP contribution in [0.15, 0.2) is 77.6 Å². The van der Waals surface area contributed by atoms with Crippen LogP contribution < -0.4 is 5.32 Å². The number of nitrogens with one attached hydrogen (secondary N) is 2. The Kier molecular flexibility index (Phi) is 4.55. The fraction of sp³-hybridized carbons (Fsp3) is 0.160. The van der Waals surface area contributed by atoms with Crippen LogP contribution in [-0.2, 0) is 9.53 Å². The molecule has 0 saturated heterocycles. The van der Waals surface area contributed by atoms with E-state index in [1.807, 2.05) is 61.5 Å². The van der Waals surface area contributed by atoms with E-state index < -0.39 is 11.9 Å². The van der Waals surface area contributed by atoms with E-state index in [4.69, 9.17) is 4.74 Å². The number of H-pyrrole nitrogens is 1. The Bertz CT molecular complexity index is 1270. The summed E-state index contributed by atoms with van der Waals surface area (Å²) in [5.41, 5.74) is 6.35. The molecule has 0 saturated carbocycles. The number of rotatable bonds is 4. The second-order valence-electron chi connectivity index (χ2n) is 7.55. The van der Waals surface area contributed by atoms with E-state index in [9.17, 15) is 9.59 Å². The molecule has 2 aliphatic rings. The third-order valence-electron chi connectivity index (χ3n) is 5.79. The Morgan fingerprint density at radius 1 is 1.06 bits per heavy atom. The van der Waals surface area contributed by atoms with Crippen LogP contribution in [0.4, 0.5) is 0 Å². The summed E-state index contributed by atoms with van der Waals surface area (Å²) in [4.78, 5) is 26.6. The highest BCUT2D eigenvalue weighted by Gasteiger charge is 2.44. The lowest BCUT2D eigenvalue weighted by atomic mass is 9.79. The molecule has 0 radical (unpaired) electrons. The van der Waals surface area contributed by atoms with Gasteiger partial charge in [-0.15, -0.1) is 0 Å². The minimum Gasteiger partial charge on any atom is -0.463 e. The molecule has 1 aromatic heterocycles. The van der Waals surface area contributed by atoms with Gasteiger partial charge in [-0.2, -0.15) is 5.10 Å². The number of nitrogens with zero attached hydrogens (tertiary/aromatic N) is 1. The van der Waals surface area contributed by atoms with E-state index in [-0.39, 0.29) is 12.4 Å². The topological polar surface area (TPSA) is 84.1 Å². The molecule has 5 rings (SSSR count). The molecule has 0 bridgehead atoms. The number of esters is 1. The molecule has 6 heteroatoms. The van der Waals surface area contributed by atoms with Crippen molar-refractivity contribution in [3.63, 3.8) is 0 Å². The van der Waals surface area contributed by atoms with E-state index in [1.165, 1.54) is 0 Å². The van der Waals surface area contributed by atoms with Gasteiger partial charge in [0.05, 0.1) is 35.7 Å². The van der Waals surface area contributed by atoms with Gasteiger partial charge in [0.15, 0.2) is 5.78 Å². The smallest absolute Gasteiger partial charge is 0.336 e. The average molecular weight is 411 g/mol. The molecule has 1 aliphatic heterocycles. The standard InChI is InChI=1S/C25H21N3O3/c1-3-31-25(30)19-14(2)27-23-16-11-7-8-12-17(16)24(29)21(23)20(19)18-13-26-28-22(18)15-9-5-4-6-10-15/h4-13,20,27H,3H2,1-2H3,(H,26,28)/t20-/m0/s1. The Morgan fingerprint density at radius 3 is 2.52 bits per heavy atom. The van der Waals surface area contributed by atoms with Crippen LogP contribution in [0.1, 0.15) is 41.3 Å². The van der Waals surface area contributed by atoms with Crippen molar-refractivity contribution in [2.24, 2.45) is 0 Å². The molecule has 0 spiro atoms. The van der Waals surface area contributed by atoms with Crippen LogP contribution in [0.3, 0.4) is 0 Å². The lowest BCUT2D eigenvalue weighted by Crippen LogP contribution is -2.29. The molecule has 154 valence electrons. The third kappa shape index (κ3) is 2.91. The summed E-state index contributed by atoms with van der Waals surface area (Å²) in [6.45, 7) is 3.86. The van der Waals surface area contributed by atoms with Crippen LogP contribution in [0.5, 0.6) is 0 Å².